The number of aliphatic imine (C=N–C) groups is 1. The lowest BCUT2D eigenvalue weighted by molar-refractivity contribution is 0.124. The summed E-state index contributed by atoms with van der Waals surface area (Å²) < 4.78 is 6.06. The van der Waals surface area contributed by atoms with Crippen LogP contribution in [0.4, 0.5) is 0 Å². The summed E-state index contributed by atoms with van der Waals surface area (Å²) in [5.74, 6) is 2.22. The Labute approximate surface area is 179 Å². The molecule has 0 spiro atoms. The molecular weight excluding hydrogens is 380 g/mol. The van der Waals surface area contributed by atoms with Gasteiger partial charge in [-0.05, 0) is 68.4 Å². The SMILES string of the molecule is CCCN1/C(=N\C)C2(C3=CC=C(OCc4cccc(Cl)c4)C=CC3)CCC1CC2. The van der Waals surface area contributed by atoms with Crippen molar-refractivity contribution in [2.24, 2.45) is 10.4 Å². The molecule has 2 bridgehead atoms. The van der Waals surface area contributed by atoms with Crippen molar-refractivity contribution < 1.29 is 4.74 Å². The molecule has 3 nitrogen and oxygen atoms in total. The van der Waals surface area contributed by atoms with Gasteiger partial charge in [-0.1, -0.05) is 48.4 Å². The molecule has 1 aromatic rings. The van der Waals surface area contributed by atoms with Crippen molar-refractivity contribution in [1.82, 2.24) is 4.90 Å². The maximum absolute atomic E-state index is 6.09. The minimum absolute atomic E-state index is 0.0991. The zero-order chi connectivity index (χ0) is 20.3. The summed E-state index contributed by atoms with van der Waals surface area (Å²) in [5.41, 5.74) is 2.66. The Morgan fingerprint density at radius 1 is 1.24 bits per heavy atom. The highest BCUT2D eigenvalue weighted by atomic mass is 35.5. The van der Waals surface area contributed by atoms with Gasteiger partial charge >= 0.3 is 0 Å². The Hall–Kier alpha value is -2.00. The normalized spacial score (nSPS) is 27.6. The number of rotatable bonds is 6. The van der Waals surface area contributed by atoms with Crippen LogP contribution in [0.15, 0.2) is 64.9 Å². The van der Waals surface area contributed by atoms with Crippen LogP contribution in [0.2, 0.25) is 5.02 Å². The molecule has 2 aliphatic carbocycles. The van der Waals surface area contributed by atoms with E-state index in [9.17, 15) is 0 Å². The van der Waals surface area contributed by atoms with Crippen LogP contribution in [0.3, 0.4) is 0 Å². The quantitative estimate of drug-likeness (QED) is 0.548. The van der Waals surface area contributed by atoms with Crippen molar-refractivity contribution in [3.8, 4) is 0 Å². The smallest absolute Gasteiger partial charge is 0.119 e. The average Bonchev–Trinajstić information content (AvgIpc) is 2.99. The molecule has 4 aliphatic rings. The summed E-state index contributed by atoms with van der Waals surface area (Å²) in [6, 6.07) is 8.53. The summed E-state index contributed by atoms with van der Waals surface area (Å²) in [6.45, 7) is 3.91. The Morgan fingerprint density at radius 2 is 2.07 bits per heavy atom. The molecule has 0 radical (unpaired) electrons. The summed E-state index contributed by atoms with van der Waals surface area (Å²) in [5, 5.41) is 0.744. The molecule has 0 aromatic heterocycles. The number of fused-ring (bicyclic) bond motifs is 3. The van der Waals surface area contributed by atoms with Crippen molar-refractivity contribution in [3.63, 3.8) is 0 Å². The van der Waals surface area contributed by atoms with Crippen LogP contribution in [0.5, 0.6) is 0 Å². The number of hydrogen-bond donors (Lipinski definition) is 0. The first-order valence-corrected chi connectivity index (χ1v) is 11.2. The lowest BCUT2D eigenvalue weighted by Crippen LogP contribution is -2.59. The minimum atomic E-state index is 0.0991. The maximum Gasteiger partial charge on any atom is 0.119 e. The second kappa shape index (κ2) is 8.79. The van der Waals surface area contributed by atoms with Crippen molar-refractivity contribution in [3.05, 3.63) is 70.5 Å². The Kier molecular flexibility index (Phi) is 6.15. The number of ether oxygens (including phenoxy) is 1. The topological polar surface area (TPSA) is 24.8 Å². The fourth-order valence-electron chi connectivity index (χ4n) is 5.27. The highest BCUT2D eigenvalue weighted by molar-refractivity contribution is 6.30. The van der Waals surface area contributed by atoms with E-state index in [1.165, 1.54) is 43.5 Å². The van der Waals surface area contributed by atoms with Gasteiger partial charge < -0.3 is 9.64 Å². The zero-order valence-electron chi connectivity index (χ0n) is 17.5. The second-order valence-corrected chi connectivity index (χ2v) is 8.78. The van der Waals surface area contributed by atoms with Crippen molar-refractivity contribution in [2.75, 3.05) is 13.6 Å². The number of allylic oxidation sites excluding steroid dienone is 4. The molecule has 29 heavy (non-hydrogen) atoms. The number of piperidine rings is 2. The number of nitrogens with zero attached hydrogens (tertiary/aromatic N) is 2. The monoisotopic (exact) mass is 410 g/mol. The highest BCUT2D eigenvalue weighted by Crippen LogP contribution is 2.52. The van der Waals surface area contributed by atoms with E-state index >= 15 is 0 Å². The Morgan fingerprint density at radius 3 is 2.79 bits per heavy atom. The minimum Gasteiger partial charge on any atom is -0.489 e. The van der Waals surface area contributed by atoms with Crippen molar-refractivity contribution >= 4 is 17.4 Å². The van der Waals surface area contributed by atoms with Crippen LogP contribution in [0.1, 0.15) is 51.0 Å². The zero-order valence-corrected chi connectivity index (χ0v) is 18.3. The molecule has 2 heterocycles. The molecule has 3 fully saturated rings. The molecule has 5 rings (SSSR count). The molecule has 1 saturated carbocycles. The highest BCUT2D eigenvalue weighted by Gasteiger charge is 2.50. The lowest BCUT2D eigenvalue weighted by Gasteiger charge is -2.55. The molecule has 0 atom stereocenters. The van der Waals surface area contributed by atoms with Crippen LogP contribution in [0, 0.1) is 5.41 Å². The number of benzene rings is 1. The summed E-state index contributed by atoms with van der Waals surface area (Å²) in [4.78, 5) is 7.42. The van der Waals surface area contributed by atoms with Gasteiger partial charge in [0.1, 0.15) is 18.2 Å². The standard InChI is InChI=1S/C25H31ClN2O/c1-3-16-28-22-12-14-25(15-13-22,24(28)27-2)20-7-5-9-23(11-10-20)29-18-19-6-4-8-21(26)17-19/h4-6,8-11,17,22H,3,7,12-16,18H2,1-2H3/b27-24-. The van der Waals surface area contributed by atoms with Gasteiger partial charge in [0, 0.05) is 30.1 Å². The van der Waals surface area contributed by atoms with E-state index in [1.807, 2.05) is 31.3 Å². The average molecular weight is 411 g/mol. The lowest BCUT2D eigenvalue weighted by atomic mass is 9.62. The first-order chi connectivity index (χ1) is 14.2. The number of halogens is 1. The van der Waals surface area contributed by atoms with E-state index in [0.29, 0.717) is 12.6 Å². The number of amidine groups is 1. The number of hydrogen-bond acceptors (Lipinski definition) is 2. The van der Waals surface area contributed by atoms with E-state index in [4.69, 9.17) is 21.3 Å². The molecule has 2 saturated heterocycles. The summed E-state index contributed by atoms with van der Waals surface area (Å²) in [6.07, 6.45) is 15.9. The summed E-state index contributed by atoms with van der Waals surface area (Å²) in [7, 11) is 1.98. The van der Waals surface area contributed by atoms with Gasteiger partial charge in [-0.15, -0.1) is 0 Å². The summed E-state index contributed by atoms with van der Waals surface area (Å²) >= 11 is 6.09. The van der Waals surface area contributed by atoms with Crippen LogP contribution in [0.25, 0.3) is 0 Å². The van der Waals surface area contributed by atoms with Gasteiger partial charge in [-0.25, -0.2) is 0 Å². The van der Waals surface area contributed by atoms with Gasteiger partial charge in [0.05, 0.1) is 0 Å². The van der Waals surface area contributed by atoms with Gasteiger partial charge in [-0.3, -0.25) is 4.99 Å². The van der Waals surface area contributed by atoms with Crippen LogP contribution < -0.4 is 0 Å². The van der Waals surface area contributed by atoms with Gasteiger partial charge in [0.2, 0.25) is 0 Å². The van der Waals surface area contributed by atoms with E-state index in [-0.39, 0.29) is 5.41 Å². The second-order valence-electron chi connectivity index (χ2n) is 8.34. The van der Waals surface area contributed by atoms with E-state index in [2.05, 4.69) is 36.1 Å². The Bertz CT molecular complexity index is 859. The maximum atomic E-state index is 6.09. The Balaban J connectivity index is 1.54. The predicted octanol–water partition coefficient (Wildman–Crippen LogP) is 6.31. The molecule has 2 aliphatic heterocycles. The molecule has 0 unspecified atom stereocenters. The van der Waals surface area contributed by atoms with Crippen molar-refractivity contribution in [1.29, 1.82) is 0 Å². The molecule has 1 aromatic carbocycles. The molecule has 0 amide bonds. The van der Waals surface area contributed by atoms with Crippen molar-refractivity contribution in [2.45, 2.75) is 58.1 Å². The fourth-order valence-corrected chi connectivity index (χ4v) is 5.48. The van der Waals surface area contributed by atoms with Gasteiger partial charge in [-0.2, -0.15) is 0 Å². The van der Waals surface area contributed by atoms with E-state index < -0.39 is 0 Å². The first kappa shape index (κ1) is 20.3. The van der Waals surface area contributed by atoms with Crippen LogP contribution >= 0.6 is 11.6 Å². The molecule has 4 heteroatoms. The molecule has 154 valence electrons. The fraction of sp³-hybridized carbons (Fsp3) is 0.480. The van der Waals surface area contributed by atoms with Crippen LogP contribution in [-0.2, 0) is 11.3 Å². The van der Waals surface area contributed by atoms with E-state index in [0.717, 1.165) is 29.3 Å². The third kappa shape index (κ3) is 4.02. The molecule has 0 N–H and O–H groups in total. The van der Waals surface area contributed by atoms with Crippen LogP contribution in [-0.4, -0.2) is 30.4 Å². The predicted molar refractivity (Wildman–Crippen MR) is 121 cm³/mol. The third-order valence-electron chi connectivity index (χ3n) is 6.60. The molecular formula is C25H31ClN2O. The van der Waals surface area contributed by atoms with Gasteiger partial charge in [0.25, 0.3) is 0 Å². The van der Waals surface area contributed by atoms with E-state index in [1.54, 1.807) is 0 Å². The van der Waals surface area contributed by atoms with Gasteiger partial charge in [0.15, 0.2) is 0 Å². The first-order valence-electron chi connectivity index (χ1n) is 10.9. The third-order valence-corrected chi connectivity index (χ3v) is 6.84. The largest absolute Gasteiger partial charge is 0.489 e.